The summed E-state index contributed by atoms with van der Waals surface area (Å²) in [6.07, 6.45) is 0. The van der Waals surface area contributed by atoms with Crippen LogP contribution in [0.4, 0.5) is 0 Å². The Morgan fingerprint density at radius 3 is 2.53 bits per heavy atom. The third-order valence-electron chi connectivity index (χ3n) is 3.14. The third kappa shape index (κ3) is 2.69. The van der Waals surface area contributed by atoms with Crippen molar-refractivity contribution in [1.29, 1.82) is 0 Å². The maximum atomic E-state index is 9.81. The molecule has 0 aliphatic carbocycles. The van der Waals surface area contributed by atoms with Crippen molar-refractivity contribution in [1.82, 2.24) is 10.2 Å². The van der Waals surface area contributed by atoms with Gasteiger partial charge in [-0.1, -0.05) is 0 Å². The average Bonchev–Trinajstić information content (AvgIpc) is 2.34. The van der Waals surface area contributed by atoms with Crippen molar-refractivity contribution in [2.75, 3.05) is 32.8 Å². The zero-order valence-corrected chi connectivity index (χ0v) is 9.63. The van der Waals surface area contributed by atoms with E-state index in [4.69, 9.17) is 0 Å². The van der Waals surface area contributed by atoms with E-state index in [2.05, 4.69) is 10.2 Å². The number of rotatable bonds is 3. The van der Waals surface area contributed by atoms with Gasteiger partial charge in [0, 0.05) is 37.8 Å². The van der Waals surface area contributed by atoms with Gasteiger partial charge in [-0.2, -0.15) is 0 Å². The summed E-state index contributed by atoms with van der Waals surface area (Å²) in [7, 11) is 0. The first kappa shape index (κ1) is 12.2. The Labute approximate surface area is 100 Å². The molecule has 1 fully saturated rings. The second-order valence-electron chi connectivity index (χ2n) is 4.23. The standard InChI is InChI=1S/C12H18N2O3/c15-8-11(14-5-3-13-4-6-14)10-2-1-9(16)7-12(10)17/h1-2,7,11,13,15-17H,3-6,8H2/t11-/m1/s1. The molecule has 0 amide bonds. The van der Waals surface area contributed by atoms with Gasteiger partial charge in [0.05, 0.1) is 12.6 Å². The van der Waals surface area contributed by atoms with Crippen LogP contribution in [0.15, 0.2) is 18.2 Å². The van der Waals surface area contributed by atoms with Crippen molar-refractivity contribution in [2.45, 2.75) is 6.04 Å². The third-order valence-corrected chi connectivity index (χ3v) is 3.14. The molecule has 0 aromatic heterocycles. The lowest BCUT2D eigenvalue weighted by Gasteiger charge is -2.34. The molecule has 2 rings (SSSR count). The number of piperazine rings is 1. The fraction of sp³-hybridized carbons (Fsp3) is 0.500. The second-order valence-corrected chi connectivity index (χ2v) is 4.23. The van der Waals surface area contributed by atoms with Crippen LogP contribution in [-0.4, -0.2) is 53.0 Å². The van der Waals surface area contributed by atoms with Gasteiger partial charge >= 0.3 is 0 Å². The number of nitrogens with zero attached hydrogens (tertiary/aromatic N) is 1. The number of aromatic hydroxyl groups is 2. The van der Waals surface area contributed by atoms with Crippen LogP contribution in [0, 0.1) is 0 Å². The van der Waals surface area contributed by atoms with Crippen molar-refractivity contribution in [2.24, 2.45) is 0 Å². The van der Waals surface area contributed by atoms with Gasteiger partial charge in [0.15, 0.2) is 0 Å². The van der Waals surface area contributed by atoms with Crippen LogP contribution in [0.3, 0.4) is 0 Å². The Morgan fingerprint density at radius 2 is 1.94 bits per heavy atom. The van der Waals surface area contributed by atoms with Crippen LogP contribution in [0.25, 0.3) is 0 Å². The lowest BCUT2D eigenvalue weighted by atomic mass is 10.0. The Morgan fingerprint density at radius 1 is 1.24 bits per heavy atom. The molecule has 94 valence electrons. The van der Waals surface area contributed by atoms with Crippen LogP contribution in [0.2, 0.25) is 0 Å². The molecule has 1 atom stereocenters. The largest absolute Gasteiger partial charge is 0.508 e. The highest BCUT2D eigenvalue weighted by Crippen LogP contribution is 2.31. The van der Waals surface area contributed by atoms with Gasteiger partial charge < -0.3 is 20.6 Å². The number of aliphatic hydroxyl groups excluding tert-OH is 1. The van der Waals surface area contributed by atoms with E-state index in [0.29, 0.717) is 5.56 Å². The monoisotopic (exact) mass is 238 g/mol. The number of aliphatic hydroxyl groups is 1. The molecule has 1 aromatic rings. The van der Waals surface area contributed by atoms with Gasteiger partial charge in [0.25, 0.3) is 0 Å². The van der Waals surface area contributed by atoms with Crippen molar-refractivity contribution in [3.63, 3.8) is 0 Å². The summed E-state index contributed by atoms with van der Waals surface area (Å²) in [6.45, 7) is 3.40. The SMILES string of the molecule is OC[C@H](c1ccc(O)cc1O)N1CCNCC1. The summed E-state index contributed by atoms with van der Waals surface area (Å²) in [5.74, 6) is 0.0610. The molecule has 5 heteroatoms. The number of phenols is 2. The summed E-state index contributed by atoms with van der Waals surface area (Å²) < 4.78 is 0. The number of hydrogen-bond acceptors (Lipinski definition) is 5. The van der Waals surface area contributed by atoms with Crippen molar-refractivity contribution in [3.05, 3.63) is 23.8 Å². The van der Waals surface area contributed by atoms with Crippen molar-refractivity contribution >= 4 is 0 Å². The van der Waals surface area contributed by atoms with Gasteiger partial charge in [-0.25, -0.2) is 0 Å². The summed E-state index contributed by atoms with van der Waals surface area (Å²) in [5.41, 5.74) is 0.659. The van der Waals surface area contributed by atoms with E-state index in [1.54, 1.807) is 6.07 Å². The minimum atomic E-state index is -0.210. The normalized spacial score (nSPS) is 19.1. The van der Waals surface area contributed by atoms with Crippen molar-refractivity contribution < 1.29 is 15.3 Å². The molecule has 1 aliphatic heterocycles. The van der Waals surface area contributed by atoms with E-state index in [1.165, 1.54) is 12.1 Å². The number of hydrogen-bond donors (Lipinski definition) is 4. The van der Waals surface area contributed by atoms with E-state index in [9.17, 15) is 15.3 Å². The highest BCUT2D eigenvalue weighted by atomic mass is 16.3. The zero-order chi connectivity index (χ0) is 12.3. The maximum absolute atomic E-state index is 9.81. The van der Waals surface area contributed by atoms with Crippen molar-refractivity contribution in [3.8, 4) is 11.5 Å². The van der Waals surface area contributed by atoms with Gasteiger partial charge in [-0.15, -0.1) is 0 Å². The Bertz CT molecular complexity index is 378. The predicted molar refractivity (Wildman–Crippen MR) is 64.0 cm³/mol. The molecule has 17 heavy (non-hydrogen) atoms. The zero-order valence-electron chi connectivity index (χ0n) is 9.63. The van der Waals surface area contributed by atoms with Gasteiger partial charge in [-0.3, -0.25) is 4.90 Å². The second kappa shape index (κ2) is 5.35. The Balaban J connectivity index is 2.21. The topological polar surface area (TPSA) is 76.0 Å². The molecule has 1 saturated heterocycles. The maximum Gasteiger partial charge on any atom is 0.124 e. The summed E-state index contributed by atoms with van der Waals surface area (Å²) >= 11 is 0. The number of nitrogens with one attached hydrogen (secondary N) is 1. The van der Waals surface area contributed by atoms with E-state index < -0.39 is 0 Å². The predicted octanol–water partition coefficient (Wildman–Crippen LogP) is 0.0364. The van der Waals surface area contributed by atoms with Crippen LogP contribution in [-0.2, 0) is 0 Å². The smallest absolute Gasteiger partial charge is 0.124 e. The van der Waals surface area contributed by atoms with Gasteiger partial charge in [-0.05, 0) is 12.1 Å². The fourth-order valence-corrected chi connectivity index (χ4v) is 2.22. The lowest BCUT2D eigenvalue weighted by Crippen LogP contribution is -2.46. The first-order valence-corrected chi connectivity index (χ1v) is 5.80. The average molecular weight is 238 g/mol. The first-order chi connectivity index (χ1) is 8.22. The number of phenolic OH excluding ortho intramolecular Hbond substituents is 2. The minimum absolute atomic E-state index is 0.0302. The molecule has 1 heterocycles. The van der Waals surface area contributed by atoms with E-state index in [0.717, 1.165) is 26.2 Å². The van der Waals surface area contributed by atoms with E-state index in [1.807, 2.05) is 0 Å². The summed E-state index contributed by atoms with van der Waals surface area (Å²) in [4.78, 5) is 2.13. The molecular weight excluding hydrogens is 220 g/mol. The van der Waals surface area contributed by atoms with Gasteiger partial charge in [0.1, 0.15) is 11.5 Å². The highest BCUT2D eigenvalue weighted by Gasteiger charge is 2.23. The number of benzene rings is 1. The molecule has 4 N–H and O–H groups in total. The highest BCUT2D eigenvalue weighted by molar-refractivity contribution is 5.41. The molecule has 0 bridgehead atoms. The molecule has 0 saturated carbocycles. The molecule has 1 aromatic carbocycles. The summed E-state index contributed by atoms with van der Waals surface area (Å²) in [6, 6.07) is 4.28. The molecular formula is C12H18N2O3. The van der Waals surface area contributed by atoms with Crippen LogP contribution in [0.5, 0.6) is 11.5 Å². The molecule has 5 nitrogen and oxygen atoms in total. The molecule has 0 unspecified atom stereocenters. The Hall–Kier alpha value is -1.30. The molecule has 1 aliphatic rings. The van der Waals surface area contributed by atoms with Crippen LogP contribution >= 0.6 is 0 Å². The summed E-state index contributed by atoms with van der Waals surface area (Å²) in [5, 5.41) is 31.8. The van der Waals surface area contributed by atoms with Crippen LogP contribution in [0.1, 0.15) is 11.6 Å². The van der Waals surface area contributed by atoms with Gasteiger partial charge in [0.2, 0.25) is 0 Å². The van der Waals surface area contributed by atoms with E-state index in [-0.39, 0.29) is 24.1 Å². The molecule has 0 spiro atoms. The first-order valence-electron chi connectivity index (χ1n) is 5.80. The lowest BCUT2D eigenvalue weighted by molar-refractivity contribution is 0.109. The van der Waals surface area contributed by atoms with Crippen LogP contribution < -0.4 is 5.32 Å². The Kier molecular flexibility index (Phi) is 3.83. The minimum Gasteiger partial charge on any atom is -0.508 e. The quantitative estimate of drug-likeness (QED) is 0.598. The molecule has 0 radical (unpaired) electrons. The van der Waals surface area contributed by atoms with E-state index >= 15 is 0 Å². The fourth-order valence-electron chi connectivity index (χ4n) is 2.22.